The van der Waals surface area contributed by atoms with Gasteiger partial charge >= 0.3 is 0 Å². The lowest BCUT2D eigenvalue weighted by atomic mass is 10.1. The molecule has 2 aromatic carbocycles. The van der Waals surface area contributed by atoms with Crippen molar-refractivity contribution in [2.75, 3.05) is 13.1 Å². The fourth-order valence-corrected chi connectivity index (χ4v) is 3.33. The molecule has 0 aliphatic carbocycles. The van der Waals surface area contributed by atoms with Crippen molar-refractivity contribution in [1.29, 1.82) is 0 Å². The van der Waals surface area contributed by atoms with Crippen LogP contribution in [0.5, 0.6) is 0 Å². The Labute approximate surface area is 152 Å². The van der Waals surface area contributed by atoms with E-state index in [4.69, 9.17) is 27.9 Å². The van der Waals surface area contributed by atoms with E-state index < -0.39 is 0 Å². The van der Waals surface area contributed by atoms with Gasteiger partial charge in [-0.05, 0) is 42.7 Å². The minimum Gasteiger partial charge on any atom is -0.372 e. The van der Waals surface area contributed by atoms with Gasteiger partial charge in [0.2, 0.25) is 0 Å². The van der Waals surface area contributed by atoms with Gasteiger partial charge in [0, 0.05) is 18.1 Å². The summed E-state index contributed by atoms with van der Waals surface area (Å²) in [5, 5.41) is 1.19. The third-order valence-electron chi connectivity index (χ3n) is 4.14. The first-order valence-electron chi connectivity index (χ1n) is 8.03. The van der Waals surface area contributed by atoms with Crippen LogP contribution in [0.25, 0.3) is 0 Å². The molecule has 3 rings (SSSR count). The lowest BCUT2D eigenvalue weighted by Gasteiger charge is -2.33. The summed E-state index contributed by atoms with van der Waals surface area (Å²) in [5.41, 5.74) is 1.59. The lowest BCUT2D eigenvalue weighted by Crippen LogP contribution is -2.43. The Morgan fingerprint density at radius 1 is 1.17 bits per heavy atom. The topological polar surface area (TPSA) is 29.5 Å². The van der Waals surface area contributed by atoms with Crippen molar-refractivity contribution in [3.8, 4) is 0 Å². The van der Waals surface area contributed by atoms with Gasteiger partial charge < -0.3 is 9.64 Å². The van der Waals surface area contributed by atoms with E-state index in [1.807, 2.05) is 41.3 Å². The molecule has 0 saturated carbocycles. The maximum Gasteiger partial charge on any atom is 0.255 e. The number of hydrogen-bond donors (Lipinski definition) is 0. The number of halogens is 2. The summed E-state index contributed by atoms with van der Waals surface area (Å²) in [4.78, 5) is 14.5. The summed E-state index contributed by atoms with van der Waals surface area (Å²) in [6.07, 6.45) is 1.91. The monoisotopic (exact) mass is 363 g/mol. The zero-order valence-electron chi connectivity index (χ0n) is 13.3. The molecule has 1 aliphatic heterocycles. The zero-order chi connectivity index (χ0) is 16.9. The molecule has 1 fully saturated rings. The van der Waals surface area contributed by atoms with Gasteiger partial charge in [-0.1, -0.05) is 47.5 Å². The van der Waals surface area contributed by atoms with Crippen molar-refractivity contribution in [3.05, 3.63) is 69.7 Å². The van der Waals surface area contributed by atoms with Crippen LogP contribution < -0.4 is 0 Å². The molecule has 1 aliphatic rings. The van der Waals surface area contributed by atoms with Crippen LogP contribution in [0.1, 0.15) is 28.8 Å². The van der Waals surface area contributed by atoms with E-state index in [9.17, 15) is 4.79 Å². The van der Waals surface area contributed by atoms with Crippen LogP contribution in [0.2, 0.25) is 10.0 Å². The summed E-state index contributed by atoms with van der Waals surface area (Å²) in [5.74, 6) is -0.0309. The predicted octanol–water partition coefficient (Wildman–Crippen LogP) is 4.81. The molecule has 126 valence electrons. The van der Waals surface area contributed by atoms with E-state index in [0.717, 1.165) is 24.9 Å². The first-order valence-corrected chi connectivity index (χ1v) is 8.79. The van der Waals surface area contributed by atoms with Crippen LogP contribution in [-0.4, -0.2) is 30.0 Å². The summed E-state index contributed by atoms with van der Waals surface area (Å²) >= 11 is 12.1. The minimum atomic E-state index is -0.0309. The largest absolute Gasteiger partial charge is 0.372 e. The summed E-state index contributed by atoms with van der Waals surface area (Å²) in [7, 11) is 0. The fourth-order valence-electron chi connectivity index (χ4n) is 2.90. The molecule has 0 bridgehead atoms. The van der Waals surface area contributed by atoms with E-state index in [0.29, 0.717) is 28.8 Å². The molecule has 0 spiro atoms. The molecule has 0 N–H and O–H groups in total. The van der Waals surface area contributed by atoms with E-state index in [1.165, 1.54) is 0 Å². The zero-order valence-corrected chi connectivity index (χ0v) is 14.8. The quantitative estimate of drug-likeness (QED) is 0.779. The fraction of sp³-hybridized carbons (Fsp3) is 0.316. The van der Waals surface area contributed by atoms with Gasteiger partial charge in [0.15, 0.2) is 0 Å². The number of nitrogens with zero attached hydrogens (tertiary/aromatic N) is 1. The highest BCUT2D eigenvalue weighted by atomic mass is 35.5. The Bertz CT molecular complexity index is 720. The average Bonchev–Trinajstić information content (AvgIpc) is 2.60. The predicted molar refractivity (Wildman–Crippen MR) is 96.6 cm³/mol. The van der Waals surface area contributed by atoms with Crippen molar-refractivity contribution >= 4 is 29.1 Å². The third-order valence-corrected chi connectivity index (χ3v) is 4.71. The molecule has 24 heavy (non-hydrogen) atoms. The minimum absolute atomic E-state index is 0.0309. The van der Waals surface area contributed by atoms with Gasteiger partial charge in [-0.3, -0.25) is 4.79 Å². The molecule has 5 heteroatoms. The highest BCUT2D eigenvalue weighted by Gasteiger charge is 2.26. The average molecular weight is 364 g/mol. The molecule has 1 amide bonds. The molecular weight excluding hydrogens is 345 g/mol. The van der Waals surface area contributed by atoms with Gasteiger partial charge in [-0.2, -0.15) is 0 Å². The van der Waals surface area contributed by atoms with Gasteiger partial charge in [0.25, 0.3) is 5.91 Å². The van der Waals surface area contributed by atoms with Crippen molar-refractivity contribution in [2.24, 2.45) is 0 Å². The molecule has 2 aromatic rings. The number of hydrogen-bond acceptors (Lipinski definition) is 2. The highest BCUT2D eigenvalue weighted by Crippen LogP contribution is 2.22. The van der Waals surface area contributed by atoms with Crippen molar-refractivity contribution in [2.45, 2.75) is 25.6 Å². The third kappa shape index (κ3) is 4.29. The summed E-state index contributed by atoms with van der Waals surface area (Å²) < 4.78 is 5.98. The van der Waals surface area contributed by atoms with Crippen LogP contribution in [0, 0.1) is 0 Å². The van der Waals surface area contributed by atoms with E-state index in [-0.39, 0.29) is 12.0 Å². The second-order valence-electron chi connectivity index (χ2n) is 5.94. The van der Waals surface area contributed by atoms with Gasteiger partial charge in [0.05, 0.1) is 23.3 Å². The second-order valence-corrected chi connectivity index (χ2v) is 6.78. The molecule has 1 heterocycles. The number of likely N-dealkylation sites (tertiary alicyclic amines) is 1. The SMILES string of the molecule is O=C(c1ccccc1Cl)N1CCCC(OCc2cccc(Cl)c2)C1. The van der Waals surface area contributed by atoms with E-state index in [2.05, 4.69) is 0 Å². The number of rotatable bonds is 4. The number of piperidine rings is 1. The Kier molecular flexibility index (Phi) is 5.77. The van der Waals surface area contributed by atoms with Crippen molar-refractivity contribution in [3.63, 3.8) is 0 Å². The van der Waals surface area contributed by atoms with Crippen LogP contribution >= 0.6 is 23.2 Å². The first kappa shape index (κ1) is 17.3. The van der Waals surface area contributed by atoms with E-state index in [1.54, 1.807) is 12.1 Å². The Balaban J connectivity index is 1.60. The number of carbonyl (C=O) groups excluding carboxylic acids is 1. The maximum atomic E-state index is 12.7. The number of benzene rings is 2. The highest BCUT2D eigenvalue weighted by molar-refractivity contribution is 6.33. The number of carbonyl (C=O) groups is 1. The molecule has 1 unspecified atom stereocenters. The van der Waals surface area contributed by atoms with Crippen molar-refractivity contribution < 1.29 is 9.53 Å². The van der Waals surface area contributed by atoms with Gasteiger partial charge in [-0.25, -0.2) is 0 Å². The van der Waals surface area contributed by atoms with Crippen molar-refractivity contribution in [1.82, 2.24) is 4.90 Å². The molecule has 0 aromatic heterocycles. The van der Waals surface area contributed by atoms with Crippen LogP contribution in [0.4, 0.5) is 0 Å². The molecule has 1 saturated heterocycles. The standard InChI is InChI=1S/C19H19Cl2NO2/c20-15-6-3-5-14(11-15)13-24-16-7-4-10-22(12-16)19(23)17-8-1-2-9-18(17)21/h1-3,5-6,8-9,11,16H,4,7,10,12-13H2. The van der Waals surface area contributed by atoms with Gasteiger partial charge in [0.1, 0.15) is 0 Å². The van der Waals surface area contributed by atoms with Gasteiger partial charge in [-0.15, -0.1) is 0 Å². The van der Waals surface area contributed by atoms with Crippen LogP contribution in [-0.2, 0) is 11.3 Å². The smallest absolute Gasteiger partial charge is 0.255 e. The molecule has 3 nitrogen and oxygen atoms in total. The van der Waals surface area contributed by atoms with Crippen LogP contribution in [0.15, 0.2) is 48.5 Å². The number of ether oxygens (including phenoxy) is 1. The Morgan fingerprint density at radius 3 is 2.79 bits per heavy atom. The number of amides is 1. The normalized spacial score (nSPS) is 17.8. The lowest BCUT2D eigenvalue weighted by molar-refractivity contribution is -0.00672. The van der Waals surface area contributed by atoms with Crippen LogP contribution in [0.3, 0.4) is 0 Å². The maximum absolute atomic E-state index is 12.7. The molecular formula is C19H19Cl2NO2. The Morgan fingerprint density at radius 2 is 2.00 bits per heavy atom. The molecule has 1 atom stereocenters. The first-order chi connectivity index (χ1) is 11.6. The van der Waals surface area contributed by atoms with E-state index >= 15 is 0 Å². The second kappa shape index (κ2) is 8.02. The molecule has 0 radical (unpaired) electrons. The summed E-state index contributed by atoms with van der Waals surface area (Å²) in [6.45, 7) is 1.82. The summed E-state index contributed by atoms with van der Waals surface area (Å²) in [6, 6.07) is 14.8. The Hall–Kier alpha value is -1.55.